The Balaban J connectivity index is 2.92. The average Bonchev–Trinajstić information content (AvgIpc) is 2.31. The van der Waals surface area contributed by atoms with Gasteiger partial charge in [0.05, 0.1) is 11.4 Å². The van der Waals surface area contributed by atoms with Crippen LogP contribution < -0.4 is 0 Å². The number of carboxylic acids is 1. The minimum absolute atomic E-state index is 0.0747. The van der Waals surface area contributed by atoms with Gasteiger partial charge in [-0.05, 0) is 48.0 Å². The first kappa shape index (κ1) is 16.0. The second-order valence-corrected chi connectivity index (χ2v) is 5.63. The van der Waals surface area contributed by atoms with Gasteiger partial charge in [-0.1, -0.05) is 11.6 Å². The van der Waals surface area contributed by atoms with Crippen molar-refractivity contribution in [3.8, 4) is 0 Å². The van der Waals surface area contributed by atoms with Gasteiger partial charge in [-0.25, -0.2) is 0 Å². The maximum atomic E-state index is 12.3. The number of hydrogen-bond donors (Lipinski definition) is 1. The molecule has 0 saturated carbocycles. The Morgan fingerprint density at radius 2 is 2.05 bits per heavy atom. The van der Waals surface area contributed by atoms with Gasteiger partial charge >= 0.3 is 5.97 Å². The monoisotopic (exact) mass is 347 g/mol. The van der Waals surface area contributed by atoms with Crippen LogP contribution in [0, 0.1) is 0 Å². The molecule has 4 nitrogen and oxygen atoms in total. The Kier molecular flexibility index (Phi) is 5.82. The molecule has 0 spiro atoms. The lowest BCUT2D eigenvalue weighted by molar-refractivity contribution is -0.137. The van der Waals surface area contributed by atoms with E-state index in [1.54, 1.807) is 18.2 Å². The number of amides is 1. The summed E-state index contributed by atoms with van der Waals surface area (Å²) in [4.78, 5) is 24.5. The number of hydrogen-bond acceptors (Lipinski definition) is 2. The lowest BCUT2D eigenvalue weighted by Gasteiger charge is -2.26. The molecule has 0 bridgehead atoms. The average molecular weight is 349 g/mol. The lowest BCUT2D eigenvalue weighted by atomic mass is 10.1. The van der Waals surface area contributed by atoms with Crippen molar-refractivity contribution in [1.29, 1.82) is 0 Å². The van der Waals surface area contributed by atoms with E-state index in [1.807, 2.05) is 13.8 Å². The van der Waals surface area contributed by atoms with Crippen molar-refractivity contribution in [1.82, 2.24) is 4.90 Å². The van der Waals surface area contributed by atoms with Crippen LogP contribution in [0.2, 0.25) is 5.02 Å². The van der Waals surface area contributed by atoms with Gasteiger partial charge in [0.2, 0.25) is 0 Å². The molecule has 0 atom stereocenters. The largest absolute Gasteiger partial charge is 0.481 e. The van der Waals surface area contributed by atoms with Gasteiger partial charge in [0.1, 0.15) is 0 Å². The zero-order valence-corrected chi connectivity index (χ0v) is 13.0. The number of rotatable bonds is 5. The summed E-state index contributed by atoms with van der Waals surface area (Å²) >= 11 is 9.22. The van der Waals surface area contributed by atoms with Crippen molar-refractivity contribution in [3.05, 3.63) is 33.3 Å². The molecule has 6 heteroatoms. The van der Waals surface area contributed by atoms with E-state index >= 15 is 0 Å². The summed E-state index contributed by atoms with van der Waals surface area (Å²) in [5.41, 5.74) is 0.451. The highest BCUT2D eigenvalue weighted by molar-refractivity contribution is 9.10. The van der Waals surface area contributed by atoms with Crippen LogP contribution >= 0.6 is 27.5 Å². The standard InChI is InChI=1S/C13H15BrClNO3/c1-8(2)16(6-5-12(17)18)13(19)9-3-4-10(14)11(15)7-9/h3-4,7-8H,5-6H2,1-2H3,(H,17,18). The van der Waals surface area contributed by atoms with E-state index in [0.717, 1.165) is 0 Å². The fourth-order valence-electron chi connectivity index (χ4n) is 1.61. The minimum atomic E-state index is -0.924. The fourth-order valence-corrected chi connectivity index (χ4v) is 2.03. The van der Waals surface area contributed by atoms with Crippen molar-refractivity contribution in [2.45, 2.75) is 26.3 Å². The summed E-state index contributed by atoms with van der Waals surface area (Å²) in [6.07, 6.45) is -0.0752. The molecular weight excluding hydrogens is 334 g/mol. The second kappa shape index (κ2) is 6.91. The predicted octanol–water partition coefficient (Wildman–Crippen LogP) is 3.43. The van der Waals surface area contributed by atoms with Crippen molar-refractivity contribution in [2.75, 3.05) is 6.54 Å². The van der Waals surface area contributed by atoms with E-state index in [0.29, 0.717) is 15.1 Å². The number of halogens is 2. The summed E-state index contributed by atoms with van der Waals surface area (Å²) in [5, 5.41) is 9.16. The summed E-state index contributed by atoms with van der Waals surface area (Å²) in [5.74, 6) is -1.14. The van der Waals surface area contributed by atoms with Crippen molar-refractivity contribution < 1.29 is 14.7 Å². The molecule has 0 aromatic heterocycles. The van der Waals surface area contributed by atoms with Crippen LogP contribution in [0.5, 0.6) is 0 Å². The Bertz CT molecular complexity index is 491. The molecule has 104 valence electrons. The maximum Gasteiger partial charge on any atom is 0.305 e. The molecule has 1 N–H and O–H groups in total. The highest BCUT2D eigenvalue weighted by Crippen LogP contribution is 2.24. The first-order valence-corrected chi connectivity index (χ1v) is 6.98. The minimum Gasteiger partial charge on any atom is -0.481 e. The highest BCUT2D eigenvalue weighted by atomic mass is 79.9. The first-order chi connectivity index (χ1) is 8.82. The molecule has 0 radical (unpaired) electrons. The van der Waals surface area contributed by atoms with Crippen LogP contribution in [0.3, 0.4) is 0 Å². The summed E-state index contributed by atoms with van der Waals surface area (Å²) in [6, 6.07) is 4.86. The topological polar surface area (TPSA) is 57.6 Å². The van der Waals surface area contributed by atoms with Gasteiger partial charge < -0.3 is 10.0 Å². The van der Waals surface area contributed by atoms with E-state index < -0.39 is 5.97 Å². The lowest BCUT2D eigenvalue weighted by Crippen LogP contribution is -2.38. The predicted molar refractivity (Wildman–Crippen MR) is 77.6 cm³/mol. The third kappa shape index (κ3) is 4.51. The van der Waals surface area contributed by atoms with Crippen LogP contribution in [-0.2, 0) is 4.79 Å². The van der Waals surface area contributed by atoms with Crippen LogP contribution in [0.15, 0.2) is 22.7 Å². The van der Waals surface area contributed by atoms with E-state index in [-0.39, 0.29) is 24.9 Å². The van der Waals surface area contributed by atoms with Gasteiger partial charge in [-0.2, -0.15) is 0 Å². The normalized spacial score (nSPS) is 10.6. The number of nitrogens with zero attached hydrogens (tertiary/aromatic N) is 1. The Hall–Kier alpha value is -1.07. The Morgan fingerprint density at radius 3 is 2.53 bits per heavy atom. The van der Waals surface area contributed by atoms with Crippen LogP contribution in [0.25, 0.3) is 0 Å². The summed E-state index contributed by atoms with van der Waals surface area (Å²) in [7, 11) is 0. The first-order valence-electron chi connectivity index (χ1n) is 5.80. The second-order valence-electron chi connectivity index (χ2n) is 4.36. The van der Waals surface area contributed by atoms with Gasteiger partial charge in [-0.3, -0.25) is 9.59 Å². The number of carboxylic acid groups (broad SMARTS) is 1. The summed E-state index contributed by atoms with van der Waals surface area (Å²) in [6.45, 7) is 3.87. The van der Waals surface area contributed by atoms with Gasteiger partial charge in [0.25, 0.3) is 5.91 Å². The molecule has 0 fully saturated rings. The quantitative estimate of drug-likeness (QED) is 0.887. The molecule has 0 saturated heterocycles. The molecule has 1 aromatic rings. The SMILES string of the molecule is CC(C)N(CCC(=O)O)C(=O)c1ccc(Br)c(Cl)c1. The molecule has 1 aromatic carbocycles. The number of benzene rings is 1. The number of aliphatic carboxylic acids is 1. The third-order valence-electron chi connectivity index (χ3n) is 2.62. The van der Waals surface area contributed by atoms with Gasteiger partial charge in [-0.15, -0.1) is 0 Å². The molecular formula is C13H15BrClNO3. The van der Waals surface area contributed by atoms with Gasteiger partial charge in [0, 0.05) is 22.6 Å². The molecule has 0 aliphatic rings. The maximum absolute atomic E-state index is 12.3. The van der Waals surface area contributed by atoms with Crippen LogP contribution in [0.4, 0.5) is 0 Å². The van der Waals surface area contributed by atoms with E-state index in [4.69, 9.17) is 16.7 Å². The van der Waals surface area contributed by atoms with Crippen LogP contribution in [0.1, 0.15) is 30.6 Å². The van der Waals surface area contributed by atoms with E-state index in [1.165, 1.54) is 4.90 Å². The molecule has 1 rings (SSSR count). The van der Waals surface area contributed by atoms with Gasteiger partial charge in [0.15, 0.2) is 0 Å². The summed E-state index contributed by atoms with van der Waals surface area (Å²) < 4.78 is 0.715. The van der Waals surface area contributed by atoms with Crippen molar-refractivity contribution in [3.63, 3.8) is 0 Å². The molecule has 19 heavy (non-hydrogen) atoms. The van der Waals surface area contributed by atoms with E-state index in [2.05, 4.69) is 15.9 Å². The highest BCUT2D eigenvalue weighted by Gasteiger charge is 2.20. The fraction of sp³-hybridized carbons (Fsp3) is 0.385. The third-order valence-corrected chi connectivity index (χ3v) is 3.85. The number of carbonyl (C=O) groups excluding carboxylic acids is 1. The number of carbonyl (C=O) groups is 2. The molecule has 0 unspecified atom stereocenters. The zero-order chi connectivity index (χ0) is 14.6. The molecule has 1 amide bonds. The van der Waals surface area contributed by atoms with Crippen molar-refractivity contribution >= 4 is 39.4 Å². The van der Waals surface area contributed by atoms with E-state index in [9.17, 15) is 9.59 Å². The van der Waals surface area contributed by atoms with Crippen LogP contribution in [-0.4, -0.2) is 34.5 Å². The Labute approximate surface area is 125 Å². The Morgan fingerprint density at radius 1 is 1.42 bits per heavy atom. The molecule has 0 aliphatic carbocycles. The smallest absolute Gasteiger partial charge is 0.305 e. The van der Waals surface area contributed by atoms with Crippen molar-refractivity contribution in [2.24, 2.45) is 0 Å². The zero-order valence-electron chi connectivity index (χ0n) is 10.7. The molecule has 0 heterocycles. The molecule has 0 aliphatic heterocycles.